The van der Waals surface area contributed by atoms with Crippen LogP contribution in [0.2, 0.25) is 5.02 Å². The zero-order valence-corrected chi connectivity index (χ0v) is 23.2. The molecule has 1 aromatic heterocycles. The molecular weight excluding hydrogens is 580 g/mol. The van der Waals surface area contributed by atoms with Crippen LogP contribution in [0.1, 0.15) is 46.8 Å². The Balaban J connectivity index is 1.22. The molecule has 3 heterocycles. The van der Waals surface area contributed by atoms with E-state index in [1.54, 1.807) is 35.2 Å². The Bertz CT molecular complexity index is 1490. The number of carbonyl (C=O) groups excluding carboxylic acids is 2. The van der Waals surface area contributed by atoms with Gasteiger partial charge in [-0.1, -0.05) is 42.8 Å². The fraction of sp³-hybridized carbons (Fsp3) is 0.357. The molecule has 222 valence electrons. The predicted molar refractivity (Wildman–Crippen MR) is 147 cm³/mol. The van der Waals surface area contributed by atoms with Gasteiger partial charge in [-0.05, 0) is 35.7 Å². The number of rotatable bonds is 8. The monoisotopic (exact) mass is 606 g/mol. The van der Waals surface area contributed by atoms with Gasteiger partial charge in [-0.2, -0.15) is 18.3 Å². The van der Waals surface area contributed by atoms with Crippen molar-refractivity contribution < 1.29 is 31.9 Å². The molecule has 14 heteroatoms. The first kappa shape index (κ1) is 29.5. The summed E-state index contributed by atoms with van der Waals surface area (Å²) in [5, 5.41) is 15.8. The number of carbonyl (C=O) groups is 2. The van der Waals surface area contributed by atoms with E-state index in [-0.39, 0.29) is 54.3 Å². The number of halogens is 5. The Morgan fingerprint density at radius 1 is 1.19 bits per heavy atom. The van der Waals surface area contributed by atoms with Gasteiger partial charge in [-0.25, -0.2) is 9.18 Å². The fourth-order valence-corrected chi connectivity index (χ4v) is 5.31. The summed E-state index contributed by atoms with van der Waals surface area (Å²) in [5.74, 6) is -0.747. The van der Waals surface area contributed by atoms with Crippen LogP contribution in [0, 0.1) is 5.82 Å². The van der Waals surface area contributed by atoms with Gasteiger partial charge in [0.2, 0.25) is 0 Å². The molecule has 1 fully saturated rings. The molecule has 1 saturated heterocycles. The van der Waals surface area contributed by atoms with E-state index in [9.17, 15) is 22.8 Å². The number of hydrogen-bond acceptors (Lipinski definition) is 7. The number of benzene rings is 2. The lowest BCUT2D eigenvalue weighted by molar-refractivity contribution is -0.156. The van der Waals surface area contributed by atoms with E-state index in [2.05, 4.69) is 26.1 Å². The van der Waals surface area contributed by atoms with Gasteiger partial charge in [-0.3, -0.25) is 10.1 Å². The number of nitrogens with one attached hydrogen (secondary N) is 3. The van der Waals surface area contributed by atoms with E-state index in [0.717, 1.165) is 5.56 Å². The van der Waals surface area contributed by atoms with Crippen molar-refractivity contribution in [3.8, 4) is 0 Å². The van der Waals surface area contributed by atoms with Crippen LogP contribution in [0.3, 0.4) is 0 Å². The summed E-state index contributed by atoms with van der Waals surface area (Å²) in [6.07, 6.45) is -3.51. The first-order chi connectivity index (χ1) is 20.0. The molecule has 0 radical (unpaired) electrons. The third-order valence-electron chi connectivity index (χ3n) is 7.37. The van der Waals surface area contributed by atoms with Crippen LogP contribution in [0.4, 0.5) is 33.9 Å². The number of alkyl halides is 3. The van der Waals surface area contributed by atoms with Crippen LogP contribution in [0.5, 0.6) is 0 Å². The first-order valence-electron chi connectivity index (χ1n) is 13.2. The van der Waals surface area contributed by atoms with E-state index in [0.29, 0.717) is 17.9 Å². The highest BCUT2D eigenvalue weighted by Crippen LogP contribution is 2.46. The molecule has 2 atom stereocenters. The number of hydrogen-bond donors (Lipinski definition) is 3. The maximum atomic E-state index is 15.1. The minimum atomic E-state index is -4.31. The number of fused-ring (bicyclic) bond motifs is 2. The van der Waals surface area contributed by atoms with Crippen molar-refractivity contribution in [2.45, 2.75) is 50.7 Å². The van der Waals surface area contributed by atoms with Crippen LogP contribution < -0.4 is 20.9 Å². The zero-order valence-electron chi connectivity index (χ0n) is 22.4. The molecule has 2 aliphatic rings. The zero-order chi connectivity index (χ0) is 30.1. The van der Waals surface area contributed by atoms with Crippen LogP contribution in [-0.4, -0.2) is 47.5 Å². The van der Waals surface area contributed by atoms with Gasteiger partial charge in [0.15, 0.2) is 17.2 Å². The largest absolute Gasteiger partial charge is 0.436 e. The van der Waals surface area contributed by atoms with Crippen molar-refractivity contribution in [1.82, 2.24) is 20.8 Å². The van der Waals surface area contributed by atoms with Crippen LogP contribution in [0.15, 0.2) is 48.7 Å². The lowest BCUT2D eigenvalue weighted by atomic mass is 9.89. The van der Waals surface area contributed by atoms with Crippen molar-refractivity contribution in [3.63, 3.8) is 0 Å². The molecule has 3 aromatic rings. The molecular formula is C28H27ClF4N6O3. The second-order valence-electron chi connectivity index (χ2n) is 10.1. The molecule has 2 aliphatic heterocycles. The Kier molecular flexibility index (Phi) is 8.24. The van der Waals surface area contributed by atoms with Gasteiger partial charge in [0.25, 0.3) is 5.91 Å². The highest BCUT2D eigenvalue weighted by molar-refractivity contribution is 6.31. The van der Waals surface area contributed by atoms with Crippen LogP contribution in [-0.2, 0) is 23.4 Å². The summed E-state index contributed by atoms with van der Waals surface area (Å²) in [6.45, 7) is 2.14. The predicted octanol–water partition coefficient (Wildman–Crippen LogP) is 5.30. The van der Waals surface area contributed by atoms with Gasteiger partial charge in [-0.15, -0.1) is 5.10 Å². The fourth-order valence-electron chi connectivity index (χ4n) is 5.16. The molecule has 9 nitrogen and oxygen atoms in total. The molecule has 3 N–H and O–H groups in total. The van der Waals surface area contributed by atoms with Gasteiger partial charge in [0.1, 0.15) is 6.04 Å². The summed E-state index contributed by atoms with van der Waals surface area (Å²) in [4.78, 5) is 26.9. The molecule has 0 aliphatic carbocycles. The molecule has 1 spiro atoms. The first-order valence-corrected chi connectivity index (χ1v) is 13.6. The number of anilines is 2. The van der Waals surface area contributed by atoms with E-state index < -0.39 is 35.6 Å². The summed E-state index contributed by atoms with van der Waals surface area (Å²) in [5.41, 5.74) is 0.820. The molecule has 0 bridgehead atoms. The third kappa shape index (κ3) is 6.12. The van der Waals surface area contributed by atoms with E-state index >= 15 is 4.39 Å². The maximum Gasteiger partial charge on any atom is 0.412 e. The quantitative estimate of drug-likeness (QED) is 0.299. The average Bonchev–Trinajstić information content (AvgIpc) is 3.37. The average molecular weight is 607 g/mol. The topological polar surface area (TPSA) is 108 Å². The SMILES string of the molecule is CCC(NCc1ccc(CNC(=O)c2cnnc(N3CC[C@]4(C3)OC(=O)Nc3ccc(Cl)c(F)c34)c2)cc1)C(F)(F)F. The lowest BCUT2D eigenvalue weighted by Crippen LogP contribution is -2.42. The van der Waals surface area contributed by atoms with Gasteiger partial charge < -0.3 is 20.3 Å². The third-order valence-corrected chi connectivity index (χ3v) is 7.66. The van der Waals surface area contributed by atoms with Crippen molar-refractivity contribution >= 4 is 35.1 Å². The lowest BCUT2D eigenvalue weighted by Gasteiger charge is -2.35. The van der Waals surface area contributed by atoms with Gasteiger partial charge in [0.05, 0.1) is 34.6 Å². The summed E-state index contributed by atoms with van der Waals surface area (Å²) in [7, 11) is 0. The Morgan fingerprint density at radius 2 is 1.90 bits per heavy atom. The van der Waals surface area contributed by atoms with Crippen LogP contribution >= 0.6 is 11.6 Å². The second-order valence-corrected chi connectivity index (χ2v) is 10.6. The molecule has 0 saturated carbocycles. The molecule has 2 amide bonds. The van der Waals surface area contributed by atoms with E-state index in [4.69, 9.17) is 16.3 Å². The molecule has 2 aromatic carbocycles. The molecule has 42 heavy (non-hydrogen) atoms. The standard InChI is InChI=1S/C28H27ClF4N6O3/c1-2-21(28(31,32)33)34-12-16-3-5-17(6-4-16)13-35-25(40)18-11-22(38-36-14-18)39-10-9-27(15-39)23-20(37-26(41)42-27)8-7-19(29)24(23)30/h3-8,11,14,21,34H,2,9-10,12-13,15H2,1H3,(H,35,40)(H,37,41)/t21?,27-/m1/s1. The molecule has 5 rings (SSSR count). The summed E-state index contributed by atoms with van der Waals surface area (Å²) in [6, 6.07) is 9.72. The number of ether oxygens (including phenoxy) is 1. The highest BCUT2D eigenvalue weighted by Gasteiger charge is 2.50. The molecule has 1 unspecified atom stereocenters. The smallest absolute Gasteiger partial charge is 0.412 e. The van der Waals surface area contributed by atoms with Crippen molar-refractivity contribution in [3.05, 3.63) is 81.8 Å². The minimum Gasteiger partial charge on any atom is -0.436 e. The number of amides is 2. The highest BCUT2D eigenvalue weighted by atomic mass is 35.5. The van der Waals surface area contributed by atoms with Crippen molar-refractivity contribution in [2.75, 3.05) is 23.3 Å². The van der Waals surface area contributed by atoms with Crippen molar-refractivity contribution in [1.29, 1.82) is 0 Å². The maximum absolute atomic E-state index is 15.1. The normalized spacial score (nSPS) is 18.8. The van der Waals surface area contributed by atoms with Crippen LogP contribution in [0.25, 0.3) is 0 Å². The Hall–Kier alpha value is -3.97. The van der Waals surface area contributed by atoms with E-state index in [1.807, 2.05) is 0 Å². The van der Waals surface area contributed by atoms with Gasteiger partial charge in [0, 0.05) is 26.1 Å². The Labute approximate surface area is 243 Å². The van der Waals surface area contributed by atoms with Crippen molar-refractivity contribution in [2.24, 2.45) is 0 Å². The van der Waals surface area contributed by atoms with Gasteiger partial charge >= 0.3 is 12.3 Å². The number of nitrogens with zero attached hydrogens (tertiary/aromatic N) is 3. The second kappa shape index (κ2) is 11.7. The Morgan fingerprint density at radius 3 is 2.60 bits per heavy atom. The summed E-state index contributed by atoms with van der Waals surface area (Å²) < 4.78 is 59.5. The number of aromatic nitrogens is 2. The summed E-state index contributed by atoms with van der Waals surface area (Å²) >= 11 is 6.02. The van der Waals surface area contributed by atoms with E-state index in [1.165, 1.54) is 25.3 Å². The minimum absolute atomic E-state index is 0.0644.